The summed E-state index contributed by atoms with van der Waals surface area (Å²) in [5, 5.41) is 0.553. The number of carbonyl (C=O) groups excluding carboxylic acids is 1. The van der Waals surface area contributed by atoms with Crippen LogP contribution in [0.25, 0.3) is 0 Å². The summed E-state index contributed by atoms with van der Waals surface area (Å²) in [4.78, 5) is 13.1. The van der Waals surface area contributed by atoms with Crippen molar-refractivity contribution in [1.29, 1.82) is 0 Å². The molecule has 0 atom stereocenters. The monoisotopic (exact) mass is 324 g/mol. The van der Waals surface area contributed by atoms with Crippen LogP contribution in [0.4, 0.5) is 5.69 Å². The van der Waals surface area contributed by atoms with Crippen molar-refractivity contribution in [3.63, 3.8) is 0 Å². The number of nitrogens with zero attached hydrogens (tertiary/aromatic N) is 1. The first kappa shape index (κ1) is 11.6. The van der Waals surface area contributed by atoms with Crippen LogP contribution in [0, 0.1) is 0 Å². The van der Waals surface area contributed by atoms with Crippen LogP contribution in [0.1, 0.15) is 10.4 Å². The van der Waals surface area contributed by atoms with Gasteiger partial charge in [-0.2, -0.15) is 0 Å². The van der Waals surface area contributed by atoms with Gasteiger partial charge in [0.15, 0.2) is 0 Å². The minimum absolute atomic E-state index is 0.0552. The van der Waals surface area contributed by atoms with E-state index >= 15 is 0 Å². The lowest BCUT2D eigenvalue weighted by Crippen LogP contribution is -2.21. The number of carbonyl (C=O) groups is 1. The smallest absolute Gasteiger partial charge is 0.253 e. The summed E-state index contributed by atoms with van der Waals surface area (Å²) >= 11 is 7.86. The fraction of sp³-hybridized carbons (Fsp3) is 0.222. The molecule has 0 saturated carbocycles. The molecule has 1 aromatic carbocycles. The number of anilines is 1. The van der Waals surface area contributed by atoms with Crippen molar-refractivity contribution in [1.82, 2.24) is 4.90 Å². The van der Waals surface area contributed by atoms with Crippen LogP contribution in [-0.4, -0.2) is 24.9 Å². The maximum atomic E-state index is 11.6. The first-order valence-corrected chi connectivity index (χ1v) is 5.39. The van der Waals surface area contributed by atoms with Crippen molar-refractivity contribution in [2.45, 2.75) is 0 Å². The maximum Gasteiger partial charge on any atom is 0.253 e. The molecular weight excluding hydrogens is 314 g/mol. The Balaban J connectivity index is 3.09. The standard InChI is InChI=1S/C9H10ClIN2O/c1-13(2)9(14)6-3-7(10)5-8(4-6)12-11/h3-5,12H,1-2H3. The van der Waals surface area contributed by atoms with Crippen LogP contribution in [0.5, 0.6) is 0 Å². The number of hydrogen-bond acceptors (Lipinski definition) is 2. The molecule has 0 unspecified atom stereocenters. The molecule has 0 spiro atoms. The first-order valence-electron chi connectivity index (χ1n) is 3.93. The summed E-state index contributed by atoms with van der Waals surface area (Å²) in [6, 6.07) is 5.18. The Bertz CT molecular complexity index is 355. The molecule has 0 radical (unpaired) electrons. The highest BCUT2D eigenvalue weighted by atomic mass is 127. The van der Waals surface area contributed by atoms with E-state index in [0.29, 0.717) is 10.6 Å². The number of nitrogens with one attached hydrogen (secondary N) is 1. The van der Waals surface area contributed by atoms with E-state index in [-0.39, 0.29) is 5.91 Å². The fourth-order valence-corrected chi connectivity index (χ4v) is 1.57. The Kier molecular flexibility index (Phi) is 4.00. The summed E-state index contributed by atoms with van der Waals surface area (Å²) in [6.07, 6.45) is 0. The summed E-state index contributed by atoms with van der Waals surface area (Å²) < 4.78 is 2.92. The summed E-state index contributed by atoms with van der Waals surface area (Å²) in [7, 11) is 3.42. The van der Waals surface area contributed by atoms with Crippen LogP contribution >= 0.6 is 34.5 Å². The third-order valence-electron chi connectivity index (χ3n) is 1.66. The molecule has 76 valence electrons. The molecule has 0 heterocycles. The Hall–Kier alpha value is -0.490. The van der Waals surface area contributed by atoms with Crippen molar-refractivity contribution < 1.29 is 4.79 Å². The summed E-state index contributed by atoms with van der Waals surface area (Å²) in [5.41, 5.74) is 1.41. The number of halogens is 2. The highest BCUT2D eigenvalue weighted by Gasteiger charge is 2.09. The second-order valence-corrected chi connectivity index (χ2v) is 4.00. The molecule has 0 fully saturated rings. The van der Waals surface area contributed by atoms with E-state index in [1.165, 1.54) is 4.90 Å². The van der Waals surface area contributed by atoms with E-state index in [2.05, 4.69) is 3.53 Å². The van der Waals surface area contributed by atoms with Crippen molar-refractivity contribution in [3.8, 4) is 0 Å². The van der Waals surface area contributed by atoms with Gasteiger partial charge in [-0.05, 0) is 18.2 Å². The Morgan fingerprint density at radius 1 is 1.43 bits per heavy atom. The van der Waals surface area contributed by atoms with E-state index in [0.717, 1.165) is 5.69 Å². The van der Waals surface area contributed by atoms with Crippen LogP contribution in [0.15, 0.2) is 18.2 Å². The van der Waals surface area contributed by atoms with E-state index < -0.39 is 0 Å². The molecule has 1 rings (SSSR count). The molecule has 0 bridgehead atoms. The number of rotatable bonds is 2. The first-order chi connectivity index (χ1) is 6.54. The second kappa shape index (κ2) is 4.84. The van der Waals surface area contributed by atoms with Crippen LogP contribution in [0.3, 0.4) is 0 Å². The van der Waals surface area contributed by atoms with Gasteiger partial charge in [0.2, 0.25) is 0 Å². The van der Waals surface area contributed by atoms with Crippen LogP contribution < -0.4 is 3.53 Å². The van der Waals surface area contributed by atoms with Crippen LogP contribution in [-0.2, 0) is 0 Å². The third kappa shape index (κ3) is 2.75. The lowest BCUT2D eigenvalue weighted by Gasteiger charge is -2.11. The molecule has 3 nitrogen and oxygen atoms in total. The third-order valence-corrected chi connectivity index (χ3v) is 2.50. The zero-order chi connectivity index (χ0) is 10.7. The molecule has 0 saturated heterocycles. The summed E-state index contributed by atoms with van der Waals surface area (Å²) in [6.45, 7) is 0. The zero-order valence-electron chi connectivity index (χ0n) is 7.84. The van der Waals surface area contributed by atoms with Crippen molar-refractivity contribution >= 4 is 46.1 Å². The predicted octanol–water partition coefficient (Wildman–Crippen LogP) is 2.80. The van der Waals surface area contributed by atoms with Gasteiger partial charge in [-0.25, -0.2) is 0 Å². The molecule has 14 heavy (non-hydrogen) atoms. The molecule has 1 N–H and O–H groups in total. The quantitative estimate of drug-likeness (QED) is 0.670. The molecule has 1 aromatic rings. The van der Waals surface area contributed by atoms with Gasteiger partial charge >= 0.3 is 0 Å². The summed E-state index contributed by atoms with van der Waals surface area (Å²) in [5.74, 6) is -0.0552. The second-order valence-electron chi connectivity index (χ2n) is 3.02. The van der Waals surface area contributed by atoms with Gasteiger partial charge in [0.05, 0.1) is 22.9 Å². The highest BCUT2D eigenvalue weighted by Crippen LogP contribution is 2.20. The molecule has 0 aliphatic rings. The van der Waals surface area contributed by atoms with Gasteiger partial charge in [-0.15, -0.1) is 0 Å². The van der Waals surface area contributed by atoms with Gasteiger partial charge in [0.1, 0.15) is 0 Å². The normalized spacial score (nSPS) is 9.71. The number of amides is 1. The van der Waals surface area contributed by atoms with Gasteiger partial charge < -0.3 is 8.43 Å². The lowest BCUT2D eigenvalue weighted by atomic mass is 10.2. The molecular formula is C9H10ClIN2O. The van der Waals surface area contributed by atoms with Gasteiger partial charge in [-0.1, -0.05) is 11.6 Å². The van der Waals surface area contributed by atoms with Gasteiger partial charge in [0.25, 0.3) is 5.91 Å². The van der Waals surface area contributed by atoms with E-state index in [1.54, 1.807) is 32.3 Å². The van der Waals surface area contributed by atoms with Crippen molar-refractivity contribution in [2.24, 2.45) is 0 Å². The maximum absolute atomic E-state index is 11.6. The Labute approximate surface area is 102 Å². The van der Waals surface area contributed by atoms with E-state index in [1.807, 2.05) is 22.9 Å². The zero-order valence-corrected chi connectivity index (χ0v) is 10.8. The average molecular weight is 325 g/mol. The molecule has 1 amide bonds. The highest BCUT2D eigenvalue weighted by molar-refractivity contribution is 14.1. The van der Waals surface area contributed by atoms with E-state index in [4.69, 9.17) is 11.6 Å². The van der Waals surface area contributed by atoms with Crippen LogP contribution in [0.2, 0.25) is 5.02 Å². The Morgan fingerprint density at radius 3 is 2.57 bits per heavy atom. The van der Waals surface area contributed by atoms with Crippen molar-refractivity contribution in [3.05, 3.63) is 28.8 Å². The fourth-order valence-electron chi connectivity index (χ4n) is 1.03. The minimum Gasteiger partial charge on any atom is -0.345 e. The predicted molar refractivity (Wildman–Crippen MR) is 67.1 cm³/mol. The SMILES string of the molecule is CN(C)C(=O)c1cc(Cl)cc(NI)c1. The Morgan fingerprint density at radius 2 is 2.07 bits per heavy atom. The topological polar surface area (TPSA) is 32.3 Å². The molecule has 0 aliphatic carbocycles. The van der Waals surface area contributed by atoms with Gasteiger partial charge in [0, 0.05) is 30.4 Å². The minimum atomic E-state index is -0.0552. The molecule has 5 heteroatoms. The lowest BCUT2D eigenvalue weighted by molar-refractivity contribution is 0.0827. The number of hydrogen-bond donors (Lipinski definition) is 1. The van der Waals surface area contributed by atoms with Crippen molar-refractivity contribution in [2.75, 3.05) is 17.6 Å². The number of benzene rings is 1. The average Bonchev–Trinajstić information content (AvgIpc) is 2.15. The molecule has 0 aromatic heterocycles. The largest absolute Gasteiger partial charge is 0.345 e. The van der Waals surface area contributed by atoms with E-state index in [9.17, 15) is 4.79 Å². The van der Waals surface area contributed by atoms with Gasteiger partial charge in [-0.3, -0.25) is 4.79 Å². The molecule has 0 aliphatic heterocycles.